The van der Waals surface area contributed by atoms with Gasteiger partial charge in [0, 0.05) is 31.7 Å². The predicted molar refractivity (Wildman–Crippen MR) is 99.6 cm³/mol. The molecule has 6 nitrogen and oxygen atoms in total. The third kappa shape index (κ3) is 5.22. The number of guanidine groups is 1. The van der Waals surface area contributed by atoms with E-state index in [1.54, 1.807) is 18.4 Å². The molecule has 140 valence electrons. The van der Waals surface area contributed by atoms with E-state index in [2.05, 4.69) is 27.4 Å². The molecule has 2 aliphatic rings. The lowest BCUT2D eigenvalue weighted by molar-refractivity contribution is 0.149. The van der Waals surface area contributed by atoms with Gasteiger partial charge in [-0.25, -0.2) is 0 Å². The number of likely N-dealkylation sites (tertiary alicyclic amines) is 1. The van der Waals surface area contributed by atoms with Crippen LogP contribution in [0.3, 0.4) is 0 Å². The maximum atomic E-state index is 10.1. The van der Waals surface area contributed by atoms with Crippen LogP contribution in [0.1, 0.15) is 57.3 Å². The summed E-state index contributed by atoms with van der Waals surface area (Å²) >= 11 is 0. The molecular weight excluding hydrogens is 316 g/mol. The van der Waals surface area contributed by atoms with Gasteiger partial charge in [0.2, 0.25) is 0 Å². The smallest absolute Gasteiger partial charge is 0.191 e. The minimum atomic E-state index is -0.699. The number of rotatable bonds is 6. The molecule has 1 saturated carbocycles. The van der Waals surface area contributed by atoms with E-state index in [0.717, 1.165) is 31.4 Å². The van der Waals surface area contributed by atoms with Crippen molar-refractivity contribution in [3.63, 3.8) is 0 Å². The molecule has 1 aromatic heterocycles. The highest BCUT2D eigenvalue weighted by Gasteiger charge is 2.27. The average Bonchev–Trinajstić information content (AvgIpc) is 3.33. The van der Waals surface area contributed by atoms with E-state index >= 15 is 0 Å². The Kier molecular flexibility index (Phi) is 6.76. The Labute approximate surface area is 150 Å². The summed E-state index contributed by atoms with van der Waals surface area (Å²) in [5, 5.41) is 16.9. The van der Waals surface area contributed by atoms with E-state index in [1.165, 1.54) is 38.8 Å². The summed E-state index contributed by atoms with van der Waals surface area (Å²) in [6.07, 6.45) is 8.75. The fourth-order valence-corrected chi connectivity index (χ4v) is 3.94. The fraction of sp³-hybridized carbons (Fsp3) is 0.737. The zero-order chi connectivity index (χ0) is 17.5. The third-order valence-electron chi connectivity index (χ3n) is 5.35. The second-order valence-electron chi connectivity index (χ2n) is 7.14. The van der Waals surface area contributed by atoms with E-state index < -0.39 is 6.10 Å². The summed E-state index contributed by atoms with van der Waals surface area (Å²) in [4.78, 5) is 7.21. The number of aliphatic hydroxyl groups excluding tert-OH is 1. The highest BCUT2D eigenvalue weighted by atomic mass is 16.4. The number of aliphatic hydroxyl groups is 1. The van der Waals surface area contributed by atoms with Crippen molar-refractivity contribution < 1.29 is 9.52 Å². The lowest BCUT2D eigenvalue weighted by atomic mass is 10.0. The number of aliphatic imine (C=N–C) groups is 1. The normalized spacial score (nSPS) is 22.2. The highest BCUT2D eigenvalue weighted by Crippen LogP contribution is 2.26. The van der Waals surface area contributed by atoms with Crippen LogP contribution in [0.15, 0.2) is 27.8 Å². The largest absolute Gasteiger partial charge is 0.467 e. The molecule has 6 heteroatoms. The van der Waals surface area contributed by atoms with Gasteiger partial charge in [-0.15, -0.1) is 0 Å². The molecule has 0 amide bonds. The molecule has 1 aliphatic carbocycles. The van der Waals surface area contributed by atoms with E-state index in [9.17, 15) is 5.11 Å². The van der Waals surface area contributed by atoms with Crippen molar-refractivity contribution in [2.75, 3.05) is 26.2 Å². The Bertz CT molecular complexity index is 518. The number of piperidine rings is 1. The van der Waals surface area contributed by atoms with Crippen molar-refractivity contribution in [3.8, 4) is 0 Å². The zero-order valence-corrected chi connectivity index (χ0v) is 15.3. The molecule has 25 heavy (non-hydrogen) atoms. The van der Waals surface area contributed by atoms with Crippen LogP contribution in [0.25, 0.3) is 0 Å². The maximum absolute atomic E-state index is 10.1. The van der Waals surface area contributed by atoms with Crippen LogP contribution in [-0.4, -0.2) is 54.2 Å². The topological polar surface area (TPSA) is 73.0 Å². The van der Waals surface area contributed by atoms with Crippen molar-refractivity contribution in [1.82, 2.24) is 15.5 Å². The SMILES string of the molecule is CCNC(=NCC(O)c1ccco1)NC1CCN(C2CCCC2)CC1. The third-order valence-corrected chi connectivity index (χ3v) is 5.35. The average molecular weight is 348 g/mol. The Morgan fingerprint density at radius 1 is 1.32 bits per heavy atom. The summed E-state index contributed by atoms with van der Waals surface area (Å²) in [5.41, 5.74) is 0. The van der Waals surface area contributed by atoms with Gasteiger partial charge in [-0.05, 0) is 44.7 Å². The molecule has 1 unspecified atom stereocenters. The maximum Gasteiger partial charge on any atom is 0.191 e. The first-order chi connectivity index (χ1) is 12.3. The summed E-state index contributed by atoms with van der Waals surface area (Å²) in [6, 6.07) is 4.84. The van der Waals surface area contributed by atoms with Crippen LogP contribution in [0.4, 0.5) is 0 Å². The molecule has 1 atom stereocenters. The Hall–Kier alpha value is -1.53. The number of furan rings is 1. The molecule has 2 fully saturated rings. The molecule has 2 heterocycles. The molecule has 0 bridgehead atoms. The van der Waals surface area contributed by atoms with Gasteiger partial charge in [0.1, 0.15) is 11.9 Å². The van der Waals surface area contributed by atoms with Crippen molar-refractivity contribution in [3.05, 3.63) is 24.2 Å². The van der Waals surface area contributed by atoms with Crippen molar-refractivity contribution in [1.29, 1.82) is 0 Å². The first-order valence-electron chi connectivity index (χ1n) is 9.76. The fourth-order valence-electron chi connectivity index (χ4n) is 3.94. The van der Waals surface area contributed by atoms with Crippen LogP contribution in [0.5, 0.6) is 0 Å². The first kappa shape index (κ1) is 18.3. The number of hydrogen-bond donors (Lipinski definition) is 3. The second-order valence-corrected chi connectivity index (χ2v) is 7.14. The van der Waals surface area contributed by atoms with Crippen LogP contribution in [0, 0.1) is 0 Å². The molecule has 0 radical (unpaired) electrons. The van der Waals surface area contributed by atoms with Crippen LogP contribution in [0.2, 0.25) is 0 Å². The van der Waals surface area contributed by atoms with Gasteiger partial charge in [-0.3, -0.25) is 4.99 Å². The molecule has 1 aromatic rings. The van der Waals surface area contributed by atoms with Gasteiger partial charge in [0.15, 0.2) is 5.96 Å². The zero-order valence-electron chi connectivity index (χ0n) is 15.3. The van der Waals surface area contributed by atoms with Gasteiger partial charge in [-0.2, -0.15) is 0 Å². The molecule has 0 aromatic carbocycles. The van der Waals surface area contributed by atoms with Crippen LogP contribution >= 0.6 is 0 Å². The van der Waals surface area contributed by atoms with Gasteiger partial charge in [-0.1, -0.05) is 12.8 Å². The monoisotopic (exact) mass is 348 g/mol. The van der Waals surface area contributed by atoms with E-state index in [-0.39, 0.29) is 0 Å². The van der Waals surface area contributed by atoms with Crippen molar-refractivity contribution in [2.24, 2.45) is 4.99 Å². The Morgan fingerprint density at radius 2 is 2.08 bits per heavy atom. The Morgan fingerprint density at radius 3 is 2.72 bits per heavy atom. The molecular formula is C19H32N4O2. The van der Waals surface area contributed by atoms with Gasteiger partial charge in [0.25, 0.3) is 0 Å². The summed E-state index contributed by atoms with van der Waals surface area (Å²) in [7, 11) is 0. The second kappa shape index (κ2) is 9.25. The standard InChI is InChI=1S/C19H32N4O2/c1-2-20-19(21-14-17(24)18-8-5-13-25-18)22-15-9-11-23(12-10-15)16-6-3-4-7-16/h5,8,13,15-17,24H,2-4,6-7,9-12,14H2,1H3,(H2,20,21,22). The van der Waals surface area contributed by atoms with Gasteiger partial charge in [0.05, 0.1) is 12.8 Å². The molecule has 1 aliphatic heterocycles. The van der Waals surface area contributed by atoms with Crippen molar-refractivity contribution >= 4 is 5.96 Å². The number of nitrogens with zero attached hydrogens (tertiary/aromatic N) is 2. The first-order valence-corrected chi connectivity index (χ1v) is 9.76. The number of nitrogens with one attached hydrogen (secondary N) is 2. The van der Waals surface area contributed by atoms with Crippen LogP contribution < -0.4 is 10.6 Å². The molecule has 3 N–H and O–H groups in total. The van der Waals surface area contributed by atoms with E-state index in [1.807, 2.05) is 0 Å². The number of hydrogen-bond acceptors (Lipinski definition) is 4. The quantitative estimate of drug-likeness (QED) is 0.543. The lowest BCUT2D eigenvalue weighted by Gasteiger charge is -2.36. The molecule has 0 spiro atoms. The minimum Gasteiger partial charge on any atom is -0.467 e. The summed E-state index contributed by atoms with van der Waals surface area (Å²) in [6.45, 7) is 5.52. The highest BCUT2D eigenvalue weighted by molar-refractivity contribution is 5.80. The summed E-state index contributed by atoms with van der Waals surface area (Å²) < 4.78 is 5.23. The van der Waals surface area contributed by atoms with E-state index in [0.29, 0.717) is 18.3 Å². The van der Waals surface area contributed by atoms with E-state index in [4.69, 9.17) is 4.42 Å². The van der Waals surface area contributed by atoms with Crippen LogP contribution in [-0.2, 0) is 0 Å². The minimum absolute atomic E-state index is 0.295. The predicted octanol–water partition coefficient (Wildman–Crippen LogP) is 2.28. The molecule has 1 saturated heterocycles. The van der Waals surface area contributed by atoms with Gasteiger partial charge >= 0.3 is 0 Å². The lowest BCUT2D eigenvalue weighted by Crippen LogP contribution is -2.50. The Balaban J connectivity index is 1.47. The van der Waals surface area contributed by atoms with Crippen molar-refractivity contribution in [2.45, 2.75) is 63.6 Å². The summed E-state index contributed by atoms with van der Waals surface area (Å²) in [5.74, 6) is 1.34. The molecule has 3 rings (SSSR count). The van der Waals surface area contributed by atoms with Gasteiger partial charge < -0.3 is 25.1 Å².